The highest BCUT2D eigenvalue weighted by atomic mass is 32.2. The monoisotopic (exact) mass is 310 g/mol. The van der Waals surface area contributed by atoms with Crippen LogP contribution in [0.3, 0.4) is 0 Å². The maximum Gasteiger partial charge on any atom is 0.313 e. The van der Waals surface area contributed by atoms with Crippen LogP contribution in [0, 0.1) is 0 Å². The Morgan fingerprint density at radius 2 is 2.22 bits per heavy atom. The summed E-state index contributed by atoms with van der Waals surface area (Å²) in [5.74, 6) is -1.10. The number of hydrogen-bond acceptors (Lipinski definition) is 7. The van der Waals surface area contributed by atoms with Crippen molar-refractivity contribution in [2.24, 2.45) is 0 Å². The molecule has 0 saturated heterocycles. The van der Waals surface area contributed by atoms with E-state index in [0.717, 1.165) is 35.9 Å². The quantitative estimate of drug-likeness (QED) is 0.612. The molecule has 0 aliphatic heterocycles. The van der Waals surface area contributed by atoms with Gasteiger partial charge in [-0.1, -0.05) is 23.1 Å². The van der Waals surface area contributed by atoms with Gasteiger partial charge in [-0.2, -0.15) is 13.1 Å². The smallest absolute Gasteiger partial charge is 0.313 e. The maximum absolute atomic E-state index is 11.5. The second-order valence-electron chi connectivity index (χ2n) is 3.55. The molecule has 3 N–H and O–H groups in total. The Morgan fingerprint density at radius 3 is 2.83 bits per heavy atom. The van der Waals surface area contributed by atoms with Crippen LogP contribution in [0.1, 0.15) is 12.8 Å². The number of carboxylic acid groups (broad SMARTS) is 1. The summed E-state index contributed by atoms with van der Waals surface area (Å²) in [7, 11) is -3.61. The lowest BCUT2D eigenvalue weighted by atomic mass is 10.8. The minimum atomic E-state index is -3.61. The fourth-order valence-corrected chi connectivity index (χ4v) is 3.82. The Hall–Kier alpha value is -0.910. The Bertz CT molecular complexity index is 539. The molecule has 11 heteroatoms. The minimum Gasteiger partial charge on any atom is -0.481 e. The summed E-state index contributed by atoms with van der Waals surface area (Å²) in [6, 6.07) is 0.0104. The normalized spacial score (nSPS) is 15.6. The molecule has 0 aromatic carbocycles. The van der Waals surface area contributed by atoms with Crippen molar-refractivity contribution in [1.29, 1.82) is 0 Å². The van der Waals surface area contributed by atoms with Crippen molar-refractivity contribution >= 4 is 44.4 Å². The van der Waals surface area contributed by atoms with E-state index in [1.165, 1.54) is 0 Å². The van der Waals surface area contributed by atoms with E-state index in [4.69, 9.17) is 5.11 Å². The highest BCUT2D eigenvalue weighted by molar-refractivity contribution is 8.01. The van der Waals surface area contributed by atoms with Gasteiger partial charge in [-0.05, 0) is 12.8 Å². The first-order chi connectivity index (χ1) is 8.44. The average Bonchev–Trinajstić information content (AvgIpc) is 2.92. The fraction of sp³-hybridized carbons (Fsp3) is 0.571. The summed E-state index contributed by atoms with van der Waals surface area (Å²) in [6.45, 7) is 0. The van der Waals surface area contributed by atoms with Gasteiger partial charge in [0.25, 0.3) is 0 Å². The van der Waals surface area contributed by atoms with Crippen LogP contribution in [-0.4, -0.2) is 41.5 Å². The molecule has 0 atom stereocenters. The second kappa shape index (κ2) is 5.38. The molecule has 8 nitrogen and oxygen atoms in total. The summed E-state index contributed by atoms with van der Waals surface area (Å²) in [4.78, 5) is 10.4. The van der Waals surface area contributed by atoms with Gasteiger partial charge in [0.1, 0.15) is 0 Å². The van der Waals surface area contributed by atoms with E-state index < -0.39 is 16.2 Å². The van der Waals surface area contributed by atoms with Crippen LogP contribution < -0.4 is 9.44 Å². The lowest BCUT2D eigenvalue weighted by Gasteiger charge is -2.03. The van der Waals surface area contributed by atoms with E-state index in [2.05, 4.69) is 19.6 Å². The van der Waals surface area contributed by atoms with E-state index >= 15 is 0 Å². The first-order valence-electron chi connectivity index (χ1n) is 4.93. The van der Waals surface area contributed by atoms with Crippen LogP contribution in [0.15, 0.2) is 4.34 Å². The fourth-order valence-electron chi connectivity index (χ4n) is 0.998. The van der Waals surface area contributed by atoms with Gasteiger partial charge in [0.2, 0.25) is 5.13 Å². The van der Waals surface area contributed by atoms with Crippen molar-refractivity contribution in [3.8, 4) is 0 Å². The number of nitrogens with zero attached hydrogens (tertiary/aromatic N) is 2. The zero-order valence-corrected chi connectivity index (χ0v) is 11.4. The van der Waals surface area contributed by atoms with Gasteiger partial charge < -0.3 is 5.11 Å². The predicted molar refractivity (Wildman–Crippen MR) is 67.0 cm³/mol. The molecular formula is C7H10N4O4S3. The van der Waals surface area contributed by atoms with Crippen LogP contribution in [0.2, 0.25) is 0 Å². The first kappa shape index (κ1) is 13.5. The van der Waals surface area contributed by atoms with Gasteiger partial charge in [-0.3, -0.25) is 4.79 Å². The summed E-state index contributed by atoms with van der Waals surface area (Å²) in [5.41, 5.74) is 0. The molecule has 0 radical (unpaired) electrons. The topological polar surface area (TPSA) is 121 Å². The van der Waals surface area contributed by atoms with E-state index in [-0.39, 0.29) is 16.9 Å². The number of hydrogen-bond donors (Lipinski definition) is 3. The zero-order chi connectivity index (χ0) is 13.2. The van der Waals surface area contributed by atoms with Crippen LogP contribution in [-0.2, 0) is 15.0 Å². The highest BCUT2D eigenvalue weighted by Gasteiger charge is 2.27. The van der Waals surface area contributed by atoms with Crippen LogP contribution >= 0.6 is 23.1 Å². The van der Waals surface area contributed by atoms with Gasteiger partial charge >= 0.3 is 16.2 Å². The molecular weight excluding hydrogens is 300 g/mol. The van der Waals surface area contributed by atoms with Crippen LogP contribution in [0.5, 0.6) is 0 Å². The molecule has 1 aromatic heterocycles. The van der Waals surface area contributed by atoms with Gasteiger partial charge in [0.15, 0.2) is 4.34 Å². The molecule has 1 aromatic rings. The van der Waals surface area contributed by atoms with Crippen LogP contribution in [0.4, 0.5) is 5.13 Å². The average molecular weight is 310 g/mol. The number of aromatic nitrogens is 2. The number of anilines is 1. The highest BCUT2D eigenvalue weighted by Crippen LogP contribution is 2.26. The Labute approximate surface area is 111 Å². The molecule has 1 heterocycles. The third kappa shape index (κ3) is 4.40. The van der Waals surface area contributed by atoms with E-state index in [0.29, 0.717) is 4.34 Å². The van der Waals surface area contributed by atoms with E-state index in [9.17, 15) is 13.2 Å². The van der Waals surface area contributed by atoms with E-state index in [1.54, 1.807) is 0 Å². The van der Waals surface area contributed by atoms with Crippen molar-refractivity contribution in [1.82, 2.24) is 14.9 Å². The standard InChI is InChI=1S/C7H10N4O4S3/c12-5(13)3-16-7-9-8-6(17-7)11-18(14,15)10-4-1-2-4/h4,10H,1-3H2,(H,8,11)(H,12,13). The lowest BCUT2D eigenvalue weighted by Crippen LogP contribution is -2.31. The zero-order valence-electron chi connectivity index (χ0n) is 8.99. The molecule has 0 spiro atoms. The van der Waals surface area contributed by atoms with Crippen molar-refractivity contribution < 1.29 is 18.3 Å². The third-order valence-electron chi connectivity index (χ3n) is 1.85. The Kier molecular flexibility index (Phi) is 4.04. The number of aliphatic carboxylic acids is 1. The van der Waals surface area contributed by atoms with Crippen molar-refractivity contribution in [2.45, 2.75) is 23.2 Å². The minimum absolute atomic E-state index is 0.0104. The number of nitrogens with one attached hydrogen (secondary N) is 2. The van der Waals surface area contributed by atoms with E-state index in [1.807, 2.05) is 0 Å². The number of carbonyl (C=O) groups is 1. The lowest BCUT2D eigenvalue weighted by molar-refractivity contribution is -0.133. The number of thioether (sulfide) groups is 1. The molecule has 1 saturated carbocycles. The van der Waals surface area contributed by atoms with Gasteiger partial charge in [-0.25, -0.2) is 4.72 Å². The van der Waals surface area contributed by atoms with Crippen molar-refractivity contribution in [3.63, 3.8) is 0 Å². The van der Waals surface area contributed by atoms with Gasteiger partial charge in [-0.15, -0.1) is 10.2 Å². The predicted octanol–water partition coefficient (Wildman–Crippen LogP) is 0.123. The summed E-state index contributed by atoms with van der Waals surface area (Å²) in [5, 5.41) is 15.9. The van der Waals surface area contributed by atoms with Crippen molar-refractivity contribution in [2.75, 3.05) is 10.5 Å². The SMILES string of the molecule is O=C(O)CSc1nnc(NS(=O)(=O)NC2CC2)s1. The molecule has 1 aliphatic carbocycles. The molecule has 18 heavy (non-hydrogen) atoms. The Balaban J connectivity index is 1.91. The number of rotatable bonds is 7. The molecule has 0 amide bonds. The molecule has 0 bridgehead atoms. The van der Waals surface area contributed by atoms with Crippen LogP contribution in [0.25, 0.3) is 0 Å². The van der Waals surface area contributed by atoms with Crippen molar-refractivity contribution in [3.05, 3.63) is 0 Å². The number of carboxylic acids is 1. The molecule has 0 unspecified atom stereocenters. The van der Waals surface area contributed by atoms with Gasteiger partial charge in [0.05, 0.1) is 5.75 Å². The Morgan fingerprint density at radius 1 is 1.50 bits per heavy atom. The molecule has 2 rings (SSSR count). The molecule has 100 valence electrons. The maximum atomic E-state index is 11.5. The summed E-state index contributed by atoms with van der Waals surface area (Å²) >= 11 is 1.99. The second-order valence-corrected chi connectivity index (χ2v) is 7.20. The summed E-state index contributed by atoms with van der Waals surface area (Å²) < 4.78 is 28.2. The first-order valence-corrected chi connectivity index (χ1v) is 8.21. The third-order valence-corrected chi connectivity index (χ3v) is 5.04. The summed E-state index contributed by atoms with van der Waals surface area (Å²) in [6.07, 6.45) is 1.69. The molecule has 1 fully saturated rings. The van der Waals surface area contributed by atoms with Gasteiger partial charge in [0, 0.05) is 6.04 Å². The molecule has 1 aliphatic rings. The largest absolute Gasteiger partial charge is 0.481 e.